The molecule has 6 heteroatoms. The number of ether oxygens (including phenoxy) is 3. The Bertz CT molecular complexity index is 784. The number of hydrogen-bond acceptors (Lipinski definition) is 5. The average Bonchev–Trinajstić information content (AvgIpc) is 2.71. The van der Waals surface area contributed by atoms with Crippen LogP contribution >= 0.6 is 0 Å². The summed E-state index contributed by atoms with van der Waals surface area (Å²) in [5, 5.41) is 0. The van der Waals surface area contributed by atoms with Gasteiger partial charge in [-0.3, -0.25) is 9.78 Å². The van der Waals surface area contributed by atoms with Crippen LogP contribution in [0.3, 0.4) is 0 Å². The van der Waals surface area contributed by atoms with Crippen molar-refractivity contribution in [3.63, 3.8) is 0 Å². The Morgan fingerprint density at radius 3 is 2.43 bits per heavy atom. The molecule has 2 heterocycles. The molecule has 0 N–H and O–H groups in total. The van der Waals surface area contributed by atoms with Crippen molar-refractivity contribution in [1.29, 1.82) is 0 Å². The van der Waals surface area contributed by atoms with Crippen LogP contribution in [0.5, 0.6) is 17.2 Å². The largest absolute Gasteiger partial charge is 0.490 e. The third-order valence-electron chi connectivity index (χ3n) is 4.71. The van der Waals surface area contributed by atoms with Crippen LogP contribution in [-0.4, -0.2) is 48.2 Å². The fraction of sp³-hybridized carbons (Fsp3) is 0.455. The zero-order valence-corrected chi connectivity index (χ0v) is 16.8. The van der Waals surface area contributed by atoms with Gasteiger partial charge in [-0.2, -0.15) is 0 Å². The lowest BCUT2D eigenvalue weighted by molar-refractivity contribution is 0.0594. The van der Waals surface area contributed by atoms with E-state index in [2.05, 4.69) is 4.98 Å². The average molecular weight is 384 g/mol. The van der Waals surface area contributed by atoms with E-state index in [0.717, 1.165) is 24.3 Å². The van der Waals surface area contributed by atoms with Gasteiger partial charge >= 0.3 is 0 Å². The quantitative estimate of drug-likeness (QED) is 0.725. The summed E-state index contributed by atoms with van der Waals surface area (Å²) < 4.78 is 17.2. The van der Waals surface area contributed by atoms with E-state index in [4.69, 9.17) is 14.2 Å². The summed E-state index contributed by atoms with van der Waals surface area (Å²) in [6, 6.07) is 9.26. The van der Waals surface area contributed by atoms with Gasteiger partial charge in [0, 0.05) is 37.2 Å². The van der Waals surface area contributed by atoms with Crippen molar-refractivity contribution in [2.24, 2.45) is 0 Å². The van der Waals surface area contributed by atoms with Gasteiger partial charge in [0.1, 0.15) is 11.9 Å². The minimum Gasteiger partial charge on any atom is -0.490 e. The molecule has 1 aliphatic rings. The molecule has 150 valence electrons. The molecule has 0 unspecified atom stereocenters. The van der Waals surface area contributed by atoms with Gasteiger partial charge in [0.15, 0.2) is 11.5 Å². The molecule has 1 amide bonds. The molecule has 1 fully saturated rings. The first-order valence-corrected chi connectivity index (χ1v) is 9.89. The lowest BCUT2D eigenvalue weighted by Gasteiger charge is -2.32. The molecular formula is C22H28N2O4. The number of piperidine rings is 1. The van der Waals surface area contributed by atoms with E-state index >= 15 is 0 Å². The molecule has 0 spiro atoms. The van der Waals surface area contributed by atoms with Crippen molar-refractivity contribution >= 4 is 5.91 Å². The van der Waals surface area contributed by atoms with Crippen molar-refractivity contribution < 1.29 is 19.0 Å². The van der Waals surface area contributed by atoms with Crippen LogP contribution in [0, 0.1) is 6.92 Å². The number of amides is 1. The van der Waals surface area contributed by atoms with E-state index in [1.54, 1.807) is 18.3 Å². The summed E-state index contributed by atoms with van der Waals surface area (Å²) in [5.74, 6) is 2.07. The highest BCUT2D eigenvalue weighted by atomic mass is 16.5. The van der Waals surface area contributed by atoms with Crippen molar-refractivity contribution in [1.82, 2.24) is 9.88 Å². The van der Waals surface area contributed by atoms with E-state index < -0.39 is 0 Å². The molecule has 6 nitrogen and oxygen atoms in total. The molecule has 2 aromatic rings. The molecule has 1 aromatic heterocycles. The fourth-order valence-corrected chi connectivity index (χ4v) is 3.26. The highest BCUT2D eigenvalue weighted by Gasteiger charge is 2.25. The van der Waals surface area contributed by atoms with Crippen molar-refractivity contribution in [3.8, 4) is 17.2 Å². The van der Waals surface area contributed by atoms with E-state index in [0.29, 0.717) is 43.4 Å². The van der Waals surface area contributed by atoms with Crippen LogP contribution in [0.25, 0.3) is 0 Å². The molecule has 1 aromatic carbocycles. The number of likely N-dealkylation sites (tertiary alicyclic amines) is 1. The number of carbonyl (C=O) groups is 1. The summed E-state index contributed by atoms with van der Waals surface area (Å²) in [4.78, 5) is 19.0. The number of nitrogens with zero attached hydrogens (tertiary/aromatic N) is 2. The Balaban J connectivity index is 1.60. The number of hydrogen-bond donors (Lipinski definition) is 0. The number of pyridine rings is 1. The van der Waals surface area contributed by atoms with Gasteiger partial charge in [0.25, 0.3) is 5.91 Å². The molecule has 0 atom stereocenters. The maximum atomic E-state index is 12.9. The molecule has 28 heavy (non-hydrogen) atoms. The molecule has 0 saturated carbocycles. The highest BCUT2D eigenvalue weighted by Crippen LogP contribution is 2.29. The van der Waals surface area contributed by atoms with Gasteiger partial charge < -0.3 is 19.1 Å². The summed E-state index contributed by atoms with van der Waals surface area (Å²) in [5.41, 5.74) is 1.59. The van der Waals surface area contributed by atoms with Crippen molar-refractivity contribution in [2.75, 3.05) is 26.3 Å². The first kappa shape index (κ1) is 20.0. The minimum absolute atomic E-state index is 0.0134. The predicted octanol–water partition coefficient (Wildman–Crippen LogP) is 3.87. The number of benzene rings is 1. The standard InChI is InChI=1S/C22H28N2O4/c1-4-26-20-9-7-17(14-21(20)27-5-2)22(25)24-12-10-18(11-13-24)28-19-8-6-16(3)23-15-19/h6-9,14-15,18H,4-5,10-13H2,1-3H3. The van der Waals surface area contributed by atoms with E-state index in [9.17, 15) is 4.79 Å². The Morgan fingerprint density at radius 2 is 1.79 bits per heavy atom. The summed E-state index contributed by atoms with van der Waals surface area (Å²) in [6.45, 7) is 8.20. The van der Waals surface area contributed by atoms with Crippen LogP contribution < -0.4 is 14.2 Å². The van der Waals surface area contributed by atoms with Crippen LogP contribution in [-0.2, 0) is 0 Å². The normalized spacial score (nSPS) is 14.6. The number of rotatable bonds is 7. The molecule has 1 saturated heterocycles. The molecule has 3 rings (SSSR count). The van der Waals surface area contributed by atoms with E-state index in [1.807, 2.05) is 43.9 Å². The number of carbonyl (C=O) groups excluding carboxylic acids is 1. The Kier molecular flexibility index (Phi) is 6.74. The maximum Gasteiger partial charge on any atom is 0.253 e. The molecular weight excluding hydrogens is 356 g/mol. The Hall–Kier alpha value is -2.76. The third kappa shape index (κ3) is 4.94. The Labute approximate surface area is 166 Å². The zero-order chi connectivity index (χ0) is 19.9. The maximum absolute atomic E-state index is 12.9. The van der Waals surface area contributed by atoms with Crippen LogP contribution in [0.4, 0.5) is 0 Å². The van der Waals surface area contributed by atoms with Crippen LogP contribution in [0.1, 0.15) is 42.7 Å². The molecule has 0 aliphatic carbocycles. The first-order valence-electron chi connectivity index (χ1n) is 9.89. The van der Waals surface area contributed by atoms with Crippen LogP contribution in [0.15, 0.2) is 36.5 Å². The number of aryl methyl sites for hydroxylation is 1. The number of aromatic nitrogens is 1. The van der Waals surface area contributed by atoms with Gasteiger partial charge in [-0.05, 0) is 51.1 Å². The fourth-order valence-electron chi connectivity index (χ4n) is 3.26. The second-order valence-corrected chi connectivity index (χ2v) is 6.77. The summed E-state index contributed by atoms with van der Waals surface area (Å²) in [6.07, 6.45) is 3.46. The van der Waals surface area contributed by atoms with E-state index in [1.165, 1.54) is 0 Å². The smallest absolute Gasteiger partial charge is 0.253 e. The topological polar surface area (TPSA) is 60.9 Å². The lowest BCUT2D eigenvalue weighted by Crippen LogP contribution is -2.41. The molecule has 1 aliphatic heterocycles. The van der Waals surface area contributed by atoms with Crippen molar-refractivity contribution in [2.45, 2.75) is 39.7 Å². The molecule has 0 bridgehead atoms. The molecule has 0 radical (unpaired) electrons. The summed E-state index contributed by atoms with van der Waals surface area (Å²) >= 11 is 0. The van der Waals surface area contributed by atoms with Gasteiger partial charge in [0.05, 0.1) is 19.4 Å². The van der Waals surface area contributed by atoms with Gasteiger partial charge in [-0.25, -0.2) is 0 Å². The van der Waals surface area contributed by atoms with Gasteiger partial charge in [-0.1, -0.05) is 0 Å². The van der Waals surface area contributed by atoms with Gasteiger partial charge in [0.2, 0.25) is 0 Å². The Morgan fingerprint density at radius 1 is 1.07 bits per heavy atom. The van der Waals surface area contributed by atoms with Gasteiger partial charge in [-0.15, -0.1) is 0 Å². The van der Waals surface area contributed by atoms with Crippen LogP contribution in [0.2, 0.25) is 0 Å². The second kappa shape index (κ2) is 9.44. The minimum atomic E-state index is 0.0134. The van der Waals surface area contributed by atoms with Crippen molar-refractivity contribution in [3.05, 3.63) is 47.8 Å². The zero-order valence-electron chi connectivity index (χ0n) is 16.8. The summed E-state index contributed by atoms with van der Waals surface area (Å²) in [7, 11) is 0. The second-order valence-electron chi connectivity index (χ2n) is 6.77. The first-order chi connectivity index (χ1) is 13.6. The van der Waals surface area contributed by atoms with E-state index in [-0.39, 0.29) is 12.0 Å². The highest BCUT2D eigenvalue weighted by molar-refractivity contribution is 5.95. The monoisotopic (exact) mass is 384 g/mol. The predicted molar refractivity (Wildman–Crippen MR) is 107 cm³/mol. The lowest BCUT2D eigenvalue weighted by atomic mass is 10.1. The third-order valence-corrected chi connectivity index (χ3v) is 4.71. The SMILES string of the molecule is CCOc1ccc(C(=O)N2CCC(Oc3ccc(C)nc3)CC2)cc1OCC.